The second kappa shape index (κ2) is 7.21. The van der Waals surface area contributed by atoms with E-state index in [4.69, 9.17) is 0 Å². The van der Waals surface area contributed by atoms with Crippen LogP contribution in [0.1, 0.15) is 16.7 Å². The molecule has 1 atom stereocenters. The molecule has 0 aliphatic carbocycles. The minimum absolute atomic E-state index is 0. The Kier molecular flexibility index (Phi) is 5.31. The molecule has 0 aromatic heterocycles. The summed E-state index contributed by atoms with van der Waals surface area (Å²) in [6.07, 6.45) is 0. The molecule has 3 rings (SSSR count). The highest BCUT2D eigenvalue weighted by Crippen LogP contribution is 2.39. The molecule has 0 spiro atoms. The van der Waals surface area contributed by atoms with Gasteiger partial charge in [0.1, 0.15) is 5.41 Å². The lowest BCUT2D eigenvalue weighted by Gasteiger charge is -2.31. The highest BCUT2D eigenvalue weighted by atomic mass is 31.0. The molecule has 1 N–H and O–H groups in total. The van der Waals surface area contributed by atoms with Gasteiger partial charge in [-0.3, -0.25) is 4.79 Å². The third kappa shape index (κ3) is 2.91. The third-order valence-corrected chi connectivity index (χ3v) is 3.94. The Bertz CT molecular complexity index is 659. The van der Waals surface area contributed by atoms with Crippen LogP contribution in [0.5, 0.6) is 0 Å². The summed E-state index contributed by atoms with van der Waals surface area (Å²) in [5.41, 5.74) is 1.05. The predicted molar refractivity (Wildman–Crippen MR) is 97.9 cm³/mol. The zero-order valence-corrected chi connectivity index (χ0v) is 14.1. The molecule has 0 saturated heterocycles. The van der Waals surface area contributed by atoms with E-state index >= 15 is 0 Å². The first kappa shape index (κ1) is 16.9. The van der Waals surface area contributed by atoms with E-state index in [9.17, 15) is 9.90 Å². The maximum Gasteiger partial charge on any atom is 0.323 e. The Balaban J connectivity index is 0.00000192. The number of carboxylic acid groups (broad SMARTS) is 1. The molecule has 1 unspecified atom stereocenters. The first-order valence-electron chi connectivity index (χ1n) is 7.16. The second-order valence-electron chi connectivity index (χ2n) is 5.15. The van der Waals surface area contributed by atoms with Crippen molar-refractivity contribution in [1.82, 2.24) is 0 Å². The quantitative estimate of drug-likeness (QED) is 0.578. The monoisotopic (exact) mass is 322 g/mol. The average molecular weight is 322 g/mol. The maximum absolute atomic E-state index is 12.4. The van der Waals surface area contributed by atoms with Crippen molar-refractivity contribution >= 4 is 15.9 Å². The van der Waals surface area contributed by atoms with Crippen molar-refractivity contribution in [1.29, 1.82) is 0 Å². The van der Waals surface area contributed by atoms with Crippen LogP contribution in [-0.2, 0) is 10.2 Å². The van der Waals surface area contributed by atoms with Gasteiger partial charge in [-0.25, -0.2) is 0 Å². The summed E-state index contributed by atoms with van der Waals surface area (Å²) in [7, 11) is 0. The van der Waals surface area contributed by atoms with E-state index in [1.54, 1.807) is 0 Å². The lowest BCUT2D eigenvalue weighted by Crippen LogP contribution is -2.38. The molecule has 0 bridgehead atoms. The van der Waals surface area contributed by atoms with Crippen LogP contribution in [0, 0.1) is 0 Å². The Hall–Kier alpha value is -2.44. The Labute approximate surface area is 139 Å². The second-order valence-corrected chi connectivity index (χ2v) is 5.15. The van der Waals surface area contributed by atoms with Gasteiger partial charge in [-0.05, 0) is 16.7 Å². The summed E-state index contributed by atoms with van der Waals surface area (Å²) < 4.78 is 0. The van der Waals surface area contributed by atoms with E-state index in [0.717, 1.165) is 16.7 Å². The van der Waals surface area contributed by atoms with Crippen molar-refractivity contribution < 1.29 is 9.90 Å². The van der Waals surface area contributed by atoms with Gasteiger partial charge in [-0.1, -0.05) is 91.0 Å². The molecule has 0 radical (unpaired) electrons. The van der Waals surface area contributed by atoms with E-state index in [1.165, 1.54) is 0 Å². The van der Waals surface area contributed by atoms with Crippen LogP contribution in [-0.4, -0.2) is 11.1 Å². The summed E-state index contributed by atoms with van der Waals surface area (Å²) in [6.45, 7) is 0. The minimum atomic E-state index is -1.20. The molecule has 0 saturated carbocycles. The van der Waals surface area contributed by atoms with E-state index in [1.807, 2.05) is 91.0 Å². The highest BCUT2D eigenvalue weighted by molar-refractivity contribution is 6.92. The van der Waals surface area contributed by atoms with Gasteiger partial charge in [0.05, 0.1) is 0 Å². The topological polar surface area (TPSA) is 37.3 Å². The lowest BCUT2D eigenvalue weighted by molar-refractivity contribution is -0.140. The zero-order valence-electron chi connectivity index (χ0n) is 12.7. The van der Waals surface area contributed by atoms with Gasteiger partial charge in [0.15, 0.2) is 0 Å². The molecule has 2 nitrogen and oxygen atoms in total. The molecule has 0 aliphatic rings. The fourth-order valence-corrected chi connectivity index (χ4v) is 2.93. The van der Waals surface area contributed by atoms with Crippen LogP contribution in [0.15, 0.2) is 91.0 Å². The maximum atomic E-state index is 12.4. The number of carbonyl (C=O) groups is 1. The number of hydrogen-bond donors (Lipinski definition) is 1. The van der Waals surface area contributed by atoms with Gasteiger partial charge in [-0.2, -0.15) is 9.90 Å². The summed E-state index contributed by atoms with van der Waals surface area (Å²) in [5, 5.41) is 10.2. The van der Waals surface area contributed by atoms with Crippen molar-refractivity contribution in [3.63, 3.8) is 0 Å². The number of hydrogen-bond acceptors (Lipinski definition) is 1. The molecular formula is C20H19O2P. The fourth-order valence-electron chi connectivity index (χ4n) is 2.93. The van der Waals surface area contributed by atoms with E-state index < -0.39 is 11.4 Å². The summed E-state index contributed by atoms with van der Waals surface area (Å²) in [5.74, 6) is -0.879. The molecule has 0 amide bonds. The highest BCUT2D eigenvalue weighted by Gasteiger charge is 2.43. The zero-order chi connectivity index (χ0) is 15.4. The molecule has 0 heterocycles. The molecule has 3 aromatic carbocycles. The molecule has 23 heavy (non-hydrogen) atoms. The Morgan fingerprint density at radius 2 is 0.870 bits per heavy atom. The predicted octanol–water partition coefficient (Wildman–Crippen LogP) is 4.16. The van der Waals surface area contributed by atoms with Crippen molar-refractivity contribution in [3.8, 4) is 0 Å². The fraction of sp³-hybridized carbons (Fsp3) is 0.0500. The van der Waals surface area contributed by atoms with Gasteiger partial charge in [0.2, 0.25) is 0 Å². The van der Waals surface area contributed by atoms with Crippen LogP contribution in [0.2, 0.25) is 0 Å². The van der Waals surface area contributed by atoms with Crippen molar-refractivity contribution in [2.24, 2.45) is 0 Å². The summed E-state index contributed by atoms with van der Waals surface area (Å²) >= 11 is 0. The first-order valence-corrected chi connectivity index (χ1v) is 7.16. The van der Waals surface area contributed by atoms with Crippen molar-refractivity contribution in [2.75, 3.05) is 0 Å². The number of rotatable bonds is 4. The van der Waals surface area contributed by atoms with E-state index in [0.29, 0.717) is 0 Å². The Morgan fingerprint density at radius 3 is 1.09 bits per heavy atom. The Morgan fingerprint density at radius 1 is 0.609 bits per heavy atom. The largest absolute Gasteiger partial charge is 0.480 e. The molecule has 116 valence electrons. The average Bonchev–Trinajstić information content (AvgIpc) is 2.58. The van der Waals surface area contributed by atoms with E-state index in [-0.39, 0.29) is 9.90 Å². The lowest BCUT2D eigenvalue weighted by atomic mass is 9.69. The van der Waals surface area contributed by atoms with Gasteiger partial charge in [0, 0.05) is 0 Å². The van der Waals surface area contributed by atoms with Gasteiger partial charge >= 0.3 is 5.97 Å². The standard InChI is InChI=1S/C20H16O2.H3P/c21-19(22)20(16-10-4-1-5-11-16,17-12-6-2-7-13-17)18-14-8-3-9-15-18;/h1-15H,(H,21,22);1H3. The van der Waals surface area contributed by atoms with E-state index in [2.05, 4.69) is 0 Å². The SMILES string of the molecule is O=C(O)C(c1ccccc1)(c1ccccc1)c1ccccc1.P. The molecule has 3 heteroatoms. The number of carboxylic acids is 1. The molecule has 0 aliphatic heterocycles. The van der Waals surface area contributed by atoms with Crippen LogP contribution in [0.4, 0.5) is 0 Å². The van der Waals surface area contributed by atoms with Gasteiger partial charge in [0.25, 0.3) is 0 Å². The normalized spacial score (nSPS) is 10.6. The van der Waals surface area contributed by atoms with Crippen LogP contribution in [0.25, 0.3) is 0 Å². The third-order valence-electron chi connectivity index (χ3n) is 3.94. The first-order chi connectivity index (χ1) is 10.8. The number of benzene rings is 3. The van der Waals surface area contributed by atoms with Gasteiger partial charge in [-0.15, -0.1) is 0 Å². The van der Waals surface area contributed by atoms with Crippen LogP contribution >= 0.6 is 9.90 Å². The smallest absolute Gasteiger partial charge is 0.323 e. The molecule has 3 aromatic rings. The molecular weight excluding hydrogens is 303 g/mol. The van der Waals surface area contributed by atoms with Gasteiger partial charge < -0.3 is 5.11 Å². The van der Waals surface area contributed by atoms with Crippen molar-refractivity contribution in [3.05, 3.63) is 108 Å². The molecule has 0 fully saturated rings. The van der Waals surface area contributed by atoms with Crippen LogP contribution < -0.4 is 0 Å². The summed E-state index contributed by atoms with van der Waals surface area (Å²) in [6, 6.07) is 28.1. The van der Waals surface area contributed by atoms with Crippen LogP contribution in [0.3, 0.4) is 0 Å². The number of aliphatic carboxylic acids is 1. The summed E-state index contributed by atoms with van der Waals surface area (Å²) in [4.78, 5) is 12.4. The van der Waals surface area contributed by atoms with Crippen molar-refractivity contribution in [2.45, 2.75) is 5.41 Å². The minimum Gasteiger partial charge on any atom is -0.480 e.